The number of nitrogens with zero attached hydrogens (tertiary/aromatic N) is 2. The van der Waals surface area contributed by atoms with Gasteiger partial charge in [-0.15, -0.1) is 0 Å². The van der Waals surface area contributed by atoms with Crippen molar-refractivity contribution < 1.29 is 0 Å². The monoisotopic (exact) mass is 852 g/mol. The van der Waals surface area contributed by atoms with Gasteiger partial charge in [0.05, 0.1) is 16.4 Å². The Hall–Kier alpha value is -8.20. The van der Waals surface area contributed by atoms with Crippen LogP contribution in [-0.2, 0) is 5.41 Å². The molecule has 0 atom stereocenters. The number of hydrogen-bond acceptors (Lipinski definition) is 0. The molecule has 0 amide bonds. The zero-order chi connectivity index (χ0) is 44.4. The van der Waals surface area contributed by atoms with Crippen LogP contribution in [0.25, 0.3) is 109 Å². The smallest absolute Gasteiger partial charge is 0.0715 e. The van der Waals surface area contributed by atoms with E-state index in [4.69, 9.17) is 0 Å². The van der Waals surface area contributed by atoms with Crippen LogP contribution in [0.1, 0.15) is 44.8 Å². The van der Waals surface area contributed by atoms with Crippen molar-refractivity contribution in [1.29, 1.82) is 0 Å². The Morgan fingerprint density at radius 2 is 0.701 bits per heavy atom. The average Bonchev–Trinajstić information content (AvgIpc) is 3.92. The molecule has 2 heteroatoms. The number of aromatic nitrogens is 2. The first-order valence-corrected chi connectivity index (χ1v) is 23.7. The lowest BCUT2D eigenvalue weighted by Crippen LogP contribution is -2.29. The van der Waals surface area contributed by atoms with E-state index < -0.39 is 5.41 Å². The van der Waals surface area contributed by atoms with Crippen molar-refractivity contribution in [1.82, 2.24) is 9.13 Å². The fourth-order valence-electron chi connectivity index (χ4n) is 13.1. The van der Waals surface area contributed by atoms with Gasteiger partial charge in [-0.2, -0.15) is 0 Å². The molecule has 67 heavy (non-hydrogen) atoms. The summed E-state index contributed by atoms with van der Waals surface area (Å²) in [7, 11) is 0. The lowest BCUT2D eigenvalue weighted by atomic mass is 9.67. The minimum Gasteiger partial charge on any atom is -0.313 e. The van der Waals surface area contributed by atoms with Crippen molar-refractivity contribution in [3.05, 3.63) is 239 Å². The Morgan fingerprint density at radius 3 is 1.12 bits per heavy atom. The third-order valence-electron chi connectivity index (χ3n) is 16.3. The van der Waals surface area contributed by atoms with Crippen LogP contribution in [0.4, 0.5) is 0 Å². The van der Waals surface area contributed by atoms with Crippen LogP contribution in [0.5, 0.6) is 0 Å². The van der Waals surface area contributed by atoms with E-state index in [2.05, 4.69) is 231 Å². The molecule has 0 N–H and O–H groups in total. The molecular weight excluding hydrogens is 809 g/mol. The van der Waals surface area contributed by atoms with Crippen molar-refractivity contribution in [3.8, 4) is 22.5 Å². The SMILES string of the molecule is Cc1c(C)n(-c2ccc3c(c2)C(c2ccccc2)(c2ccccc2)c2cc(-n4c(C)c(C)c5cc6ccc7cccc8ccc(c6c78)c54)ccc2-3)c2c1cc1ccc3cccc4ccc2c1c34. The molecule has 0 radical (unpaired) electrons. The largest absolute Gasteiger partial charge is 0.313 e. The van der Waals surface area contributed by atoms with E-state index in [0.29, 0.717) is 0 Å². The third kappa shape index (κ3) is 4.60. The van der Waals surface area contributed by atoms with Crippen molar-refractivity contribution in [2.75, 3.05) is 0 Å². The highest BCUT2D eigenvalue weighted by Crippen LogP contribution is 2.57. The van der Waals surface area contributed by atoms with Gasteiger partial charge in [-0.05, 0) is 162 Å². The molecule has 0 spiro atoms. The molecule has 15 rings (SSSR count). The summed E-state index contributed by atoms with van der Waals surface area (Å²) < 4.78 is 5.12. The molecular formula is C65H44N2. The zero-order valence-electron chi connectivity index (χ0n) is 37.9. The number of benzene rings is 12. The molecule has 12 aromatic carbocycles. The van der Waals surface area contributed by atoms with E-state index in [9.17, 15) is 0 Å². The fourth-order valence-corrected chi connectivity index (χ4v) is 13.1. The Kier molecular flexibility index (Phi) is 7.19. The topological polar surface area (TPSA) is 9.86 Å². The third-order valence-corrected chi connectivity index (χ3v) is 16.3. The standard InChI is InChI=1S/C65H44N2/c1-37-39(3)66(63-53-29-25-43-15-11-13-41-21-23-45(33-55(37)63)61(53)59(41)43)49-27-31-51-52-32-28-50(36-58(52)65(57(51)35-49,47-17-7-5-8-18-47)48-19-9-6-10-20-48)67-40(4)38(2)56-34-46-24-22-42-14-12-16-44-26-30-54(64(56)67)62(46)60(42)44/h5-36H,1-4H3. The van der Waals surface area contributed by atoms with Gasteiger partial charge >= 0.3 is 0 Å². The van der Waals surface area contributed by atoms with Gasteiger partial charge in [-0.25, -0.2) is 0 Å². The predicted octanol–water partition coefficient (Wildman–Crippen LogP) is 17.0. The van der Waals surface area contributed by atoms with Gasteiger partial charge in [0.25, 0.3) is 0 Å². The highest BCUT2D eigenvalue weighted by Gasteiger charge is 2.47. The number of aryl methyl sites for hydroxylation is 2. The molecule has 0 saturated heterocycles. The number of hydrogen-bond donors (Lipinski definition) is 0. The van der Waals surface area contributed by atoms with E-state index in [1.807, 2.05) is 0 Å². The molecule has 2 nitrogen and oxygen atoms in total. The number of fused-ring (bicyclic) bond motifs is 7. The predicted molar refractivity (Wildman–Crippen MR) is 284 cm³/mol. The summed E-state index contributed by atoms with van der Waals surface area (Å²) in [5, 5.41) is 18.4. The molecule has 1 aliphatic rings. The van der Waals surface area contributed by atoms with Gasteiger partial charge in [-0.1, -0.05) is 158 Å². The molecule has 0 saturated carbocycles. The number of rotatable bonds is 4. The first kappa shape index (κ1) is 37.1. The van der Waals surface area contributed by atoms with Gasteiger partial charge in [0.15, 0.2) is 0 Å². The molecule has 1 aliphatic carbocycles. The van der Waals surface area contributed by atoms with Crippen LogP contribution in [0.15, 0.2) is 194 Å². The Labute approximate surface area is 388 Å². The summed E-state index contributed by atoms with van der Waals surface area (Å²) in [6, 6.07) is 74.0. The molecule has 314 valence electrons. The van der Waals surface area contributed by atoms with Crippen molar-refractivity contribution in [2.45, 2.75) is 33.1 Å². The van der Waals surface area contributed by atoms with Crippen LogP contribution >= 0.6 is 0 Å². The van der Waals surface area contributed by atoms with E-state index in [0.717, 1.165) is 0 Å². The summed E-state index contributed by atoms with van der Waals surface area (Å²) in [6.45, 7) is 9.22. The zero-order valence-corrected chi connectivity index (χ0v) is 37.9. The van der Waals surface area contributed by atoms with Crippen LogP contribution in [-0.4, -0.2) is 9.13 Å². The molecule has 0 bridgehead atoms. The second kappa shape index (κ2) is 13.0. The summed E-state index contributed by atoms with van der Waals surface area (Å²) in [5.74, 6) is 0. The fraction of sp³-hybridized carbons (Fsp3) is 0.0769. The summed E-state index contributed by atoms with van der Waals surface area (Å²) in [4.78, 5) is 0. The minimum absolute atomic E-state index is 0.602. The maximum Gasteiger partial charge on any atom is 0.0715 e. The van der Waals surface area contributed by atoms with Crippen LogP contribution in [0, 0.1) is 27.7 Å². The molecule has 2 aromatic heterocycles. The Balaban J connectivity index is 1.02. The first-order chi connectivity index (χ1) is 32.9. The van der Waals surface area contributed by atoms with Gasteiger partial charge in [0, 0.05) is 44.3 Å². The average molecular weight is 853 g/mol. The molecule has 2 heterocycles. The molecule has 0 unspecified atom stereocenters. The van der Waals surface area contributed by atoms with Gasteiger partial charge in [0.2, 0.25) is 0 Å². The molecule has 14 aromatic rings. The summed E-state index contributed by atoms with van der Waals surface area (Å²) in [5.41, 5.74) is 17.2. The maximum absolute atomic E-state index is 2.56. The quantitative estimate of drug-likeness (QED) is 0.156. The van der Waals surface area contributed by atoms with Crippen molar-refractivity contribution in [2.24, 2.45) is 0 Å². The van der Waals surface area contributed by atoms with Crippen molar-refractivity contribution >= 4 is 86.4 Å². The van der Waals surface area contributed by atoms with Crippen LogP contribution in [0.3, 0.4) is 0 Å². The lowest BCUT2D eigenvalue weighted by molar-refractivity contribution is 0.765. The Bertz CT molecular complexity index is 4090. The normalized spacial score (nSPS) is 13.5. The summed E-state index contributed by atoms with van der Waals surface area (Å²) >= 11 is 0. The second-order valence-electron chi connectivity index (χ2n) is 19.3. The lowest BCUT2D eigenvalue weighted by Gasteiger charge is -2.34. The van der Waals surface area contributed by atoms with Gasteiger partial charge in [-0.3, -0.25) is 0 Å². The summed E-state index contributed by atoms with van der Waals surface area (Å²) in [6.07, 6.45) is 0. The first-order valence-electron chi connectivity index (χ1n) is 23.7. The minimum atomic E-state index is -0.602. The van der Waals surface area contributed by atoms with Gasteiger partial charge in [0.1, 0.15) is 0 Å². The van der Waals surface area contributed by atoms with E-state index in [1.165, 1.54) is 154 Å². The van der Waals surface area contributed by atoms with Gasteiger partial charge < -0.3 is 9.13 Å². The molecule has 0 fully saturated rings. The van der Waals surface area contributed by atoms with E-state index in [-0.39, 0.29) is 0 Å². The second-order valence-corrected chi connectivity index (χ2v) is 19.3. The molecule has 0 aliphatic heterocycles. The van der Waals surface area contributed by atoms with E-state index >= 15 is 0 Å². The highest BCUT2D eigenvalue weighted by atomic mass is 15.0. The van der Waals surface area contributed by atoms with Crippen LogP contribution in [0.2, 0.25) is 0 Å². The Morgan fingerprint density at radius 1 is 0.313 bits per heavy atom. The van der Waals surface area contributed by atoms with Crippen LogP contribution < -0.4 is 0 Å². The highest BCUT2D eigenvalue weighted by molar-refractivity contribution is 6.30. The van der Waals surface area contributed by atoms with E-state index in [1.54, 1.807) is 0 Å². The maximum atomic E-state index is 2.56. The van der Waals surface area contributed by atoms with Crippen molar-refractivity contribution in [3.63, 3.8) is 0 Å².